The maximum absolute atomic E-state index is 11.0. The number of rotatable bonds is 15. The maximum Gasteiger partial charge on any atom is 0.200 e. The van der Waals surface area contributed by atoms with Crippen molar-refractivity contribution in [2.45, 2.75) is 44.8 Å². The van der Waals surface area contributed by atoms with Crippen LogP contribution in [0.15, 0.2) is 30.3 Å². The minimum absolute atomic E-state index is 0.0424. The van der Waals surface area contributed by atoms with E-state index >= 15 is 0 Å². The summed E-state index contributed by atoms with van der Waals surface area (Å²) in [6, 6.07) is 8.41. The first-order valence-electron chi connectivity index (χ1n) is 11.6. The van der Waals surface area contributed by atoms with E-state index < -0.39 is 24.9 Å². The molecule has 0 amide bonds. The topological polar surface area (TPSA) is 138 Å². The minimum atomic E-state index is -0.925. The van der Waals surface area contributed by atoms with Crippen LogP contribution in [-0.2, 0) is 17.6 Å². The van der Waals surface area contributed by atoms with Crippen LogP contribution < -0.4 is 14.2 Å². The molecular weight excluding hydrogens is 456 g/mol. The smallest absolute Gasteiger partial charge is 0.200 e. The summed E-state index contributed by atoms with van der Waals surface area (Å²) in [6.07, 6.45) is 0.412. The predicted molar refractivity (Wildman–Crippen MR) is 130 cm³/mol. The lowest BCUT2D eigenvalue weighted by atomic mass is 9.84. The molecule has 0 radical (unpaired) electrons. The molecule has 0 aromatic heterocycles. The van der Waals surface area contributed by atoms with Crippen molar-refractivity contribution in [1.29, 1.82) is 0 Å². The van der Waals surface area contributed by atoms with Gasteiger partial charge in [-0.3, -0.25) is 0 Å². The van der Waals surface area contributed by atoms with E-state index in [2.05, 4.69) is 0 Å². The zero-order chi connectivity index (χ0) is 26.0. The van der Waals surface area contributed by atoms with Crippen LogP contribution in [0.2, 0.25) is 0 Å². The van der Waals surface area contributed by atoms with Crippen LogP contribution in [0.4, 0.5) is 0 Å². The number of aromatic hydroxyl groups is 2. The lowest BCUT2D eigenvalue weighted by Gasteiger charge is -2.30. The lowest BCUT2D eigenvalue weighted by molar-refractivity contribution is -0.0963. The molecule has 0 fully saturated rings. The van der Waals surface area contributed by atoms with Crippen LogP contribution in [0.1, 0.15) is 30.9 Å². The Morgan fingerprint density at radius 3 is 1.89 bits per heavy atom. The fourth-order valence-electron chi connectivity index (χ4n) is 4.30. The van der Waals surface area contributed by atoms with Gasteiger partial charge in [0.25, 0.3) is 0 Å². The summed E-state index contributed by atoms with van der Waals surface area (Å²) in [4.78, 5) is 0. The second-order valence-electron chi connectivity index (χ2n) is 8.51. The van der Waals surface area contributed by atoms with Crippen molar-refractivity contribution in [3.8, 4) is 28.7 Å². The van der Waals surface area contributed by atoms with Gasteiger partial charge in [-0.05, 0) is 54.2 Å². The fraction of sp³-hybridized carbons (Fsp3) is 0.538. The van der Waals surface area contributed by atoms with Gasteiger partial charge in [-0.15, -0.1) is 0 Å². The summed E-state index contributed by atoms with van der Waals surface area (Å²) in [7, 11) is 4.35. The second-order valence-corrected chi connectivity index (χ2v) is 8.51. The maximum atomic E-state index is 11.0. The normalized spacial score (nSPS) is 14.7. The molecular formula is C26H38O9. The van der Waals surface area contributed by atoms with E-state index in [0.717, 1.165) is 17.5 Å². The summed E-state index contributed by atoms with van der Waals surface area (Å²) in [5.41, 5.74) is 1.65. The zero-order valence-electron chi connectivity index (χ0n) is 20.8. The highest BCUT2D eigenvalue weighted by Gasteiger charge is 2.29. The Labute approximate surface area is 206 Å². The molecule has 0 saturated heterocycles. The van der Waals surface area contributed by atoms with Gasteiger partial charge in [0, 0.05) is 18.9 Å². The molecule has 9 heteroatoms. The molecule has 0 unspecified atom stereocenters. The van der Waals surface area contributed by atoms with Gasteiger partial charge in [-0.1, -0.05) is 19.4 Å². The van der Waals surface area contributed by atoms with Gasteiger partial charge < -0.3 is 44.5 Å². The predicted octanol–water partition coefficient (Wildman–Crippen LogP) is 2.63. The van der Waals surface area contributed by atoms with Gasteiger partial charge in [0.05, 0.1) is 33.5 Å². The molecule has 2 rings (SSSR count). The molecule has 5 N–H and O–H groups in total. The molecule has 0 bridgehead atoms. The number of phenolic OH excluding ortho intramolecular Hbond substituents is 2. The van der Waals surface area contributed by atoms with E-state index in [0.29, 0.717) is 18.6 Å². The van der Waals surface area contributed by atoms with Crippen molar-refractivity contribution >= 4 is 0 Å². The number of benzene rings is 2. The highest BCUT2D eigenvalue weighted by atomic mass is 16.6. The molecule has 2 aromatic rings. The van der Waals surface area contributed by atoms with Crippen LogP contribution >= 0.6 is 0 Å². The average molecular weight is 495 g/mol. The van der Waals surface area contributed by atoms with E-state index in [1.807, 2.05) is 6.92 Å². The van der Waals surface area contributed by atoms with Gasteiger partial charge in [-0.2, -0.15) is 0 Å². The summed E-state index contributed by atoms with van der Waals surface area (Å²) < 4.78 is 21.2. The molecule has 0 aliphatic heterocycles. The number of hydrogen-bond donors (Lipinski definition) is 5. The standard InChI is InChI=1S/C26H38O9/c1-5-18(8-16-6-7-20(29)23(10-16)32-2)22(35-15-28)13-21(30)19(14-27)9-17-11-24(33-3)26(31)25(12-17)34-4/h6-7,10-12,18-19,21-22,27-31H,5,8-9,13-15H2,1-4H3/t18-,19+,21-,22-/m1/s1. The Hall–Kier alpha value is -2.72. The van der Waals surface area contributed by atoms with Gasteiger partial charge in [0.2, 0.25) is 5.75 Å². The van der Waals surface area contributed by atoms with E-state index in [9.17, 15) is 25.5 Å². The van der Waals surface area contributed by atoms with Gasteiger partial charge in [0.1, 0.15) is 6.79 Å². The zero-order valence-corrected chi connectivity index (χ0v) is 20.8. The Bertz CT molecular complexity index is 893. The molecule has 2 aromatic carbocycles. The molecule has 9 nitrogen and oxygen atoms in total. The Morgan fingerprint density at radius 1 is 0.800 bits per heavy atom. The largest absolute Gasteiger partial charge is 0.504 e. The Kier molecular flexibility index (Phi) is 11.4. The number of phenols is 2. The lowest BCUT2D eigenvalue weighted by Crippen LogP contribution is -2.35. The molecule has 35 heavy (non-hydrogen) atoms. The SMILES string of the molecule is CC[C@H](Cc1ccc(O)c(OC)c1)[C@@H](C[C@@H](O)[C@H](CO)Cc1cc(OC)c(O)c(OC)c1)OCO. The Balaban J connectivity index is 2.17. The highest BCUT2D eigenvalue weighted by Crippen LogP contribution is 2.38. The van der Waals surface area contributed by atoms with Crippen LogP contribution in [0.3, 0.4) is 0 Å². The second kappa shape index (κ2) is 14.0. The first kappa shape index (κ1) is 28.5. The highest BCUT2D eigenvalue weighted by molar-refractivity contribution is 5.52. The molecule has 196 valence electrons. The van der Waals surface area contributed by atoms with Crippen molar-refractivity contribution in [2.75, 3.05) is 34.7 Å². The summed E-state index contributed by atoms with van der Waals surface area (Å²) in [6.45, 7) is 1.23. The summed E-state index contributed by atoms with van der Waals surface area (Å²) in [5, 5.41) is 50.5. The van der Waals surface area contributed by atoms with Crippen molar-refractivity contribution < 1.29 is 44.5 Å². The number of aliphatic hydroxyl groups excluding tert-OH is 3. The summed E-state index contributed by atoms with van der Waals surface area (Å²) in [5.74, 6) is 0.218. The molecule has 0 aliphatic carbocycles. The molecule has 0 spiro atoms. The molecule has 0 aliphatic rings. The van der Waals surface area contributed by atoms with Crippen LogP contribution in [-0.4, -0.2) is 72.5 Å². The minimum Gasteiger partial charge on any atom is -0.504 e. The average Bonchev–Trinajstić information content (AvgIpc) is 2.86. The van der Waals surface area contributed by atoms with Crippen LogP contribution in [0.25, 0.3) is 0 Å². The van der Waals surface area contributed by atoms with Crippen molar-refractivity contribution in [1.82, 2.24) is 0 Å². The monoisotopic (exact) mass is 494 g/mol. The summed E-state index contributed by atoms with van der Waals surface area (Å²) >= 11 is 0. The van der Waals surface area contributed by atoms with Crippen molar-refractivity contribution in [3.63, 3.8) is 0 Å². The number of hydrogen-bond acceptors (Lipinski definition) is 9. The van der Waals surface area contributed by atoms with E-state index in [1.165, 1.54) is 21.3 Å². The van der Waals surface area contributed by atoms with E-state index in [-0.39, 0.29) is 41.9 Å². The van der Waals surface area contributed by atoms with Crippen molar-refractivity contribution in [2.24, 2.45) is 11.8 Å². The molecule has 0 heterocycles. The van der Waals surface area contributed by atoms with Crippen molar-refractivity contribution in [3.05, 3.63) is 41.5 Å². The molecule has 0 saturated carbocycles. The first-order chi connectivity index (χ1) is 16.8. The van der Waals surface area contributed by atoms with Gasteiger partial charge in [0.15, 0.2) is 23.0 Å². The van der Waals surface area contributed by atoms with Crippen LogP contribution in [0.5, 0.6) is 28.7 Å². The first-order valence-corrected chi connectivity index (χ1v) is 11.6. The van der Waals surface area contributed by atoms with E-state index in [1.54, 1.807) is 30.3 Å². The van der Waals surface area contributed by atoms with E-state index in [4.69, 9.17) is 18.9 Å². The molecule has 4 atom stereocenters. The van der Waals surface area contributed by atoms with Gasteiger partial charge in [-0.25, -0.2) is 0 Å². The number of aliphatic hydroxyl groups is 3. The third kappa shape index (κ3) is 7.63. The van der Waals surface area contributed by atoms with Crippen LogP contribution in [0, 0.1) is 11.8 Å². The third-order valence-corrected chi connectivity index (χ3v) is 6.37. The fourth-order valence-corrected chi connectivity index (χ4v) is 4.30. The quantitative estimate of drug-likeness (QED) is 0.237. The number of methoxy groups -OCH3 is 3. The van der Waals surface area contributed by atoms with Gasteiger partial charge >= 0.3 is 0 Å². The third-order valence-electron chi connectivity index (χ3n) is 6.37. The Morgan fingerprint density at radius 2 is 1.37 bits per heavy atom. The number of ether oxygens (including phenoxy) is 4.